The molecule has 0 saturated heterocycles. The summed E-state index contributed by atoms with van der Waals surface area (Å²) in [4.78, 5) is 0. The summed E-state index contributed by atoms with van der Waals surface area (Å²) in [6.07, 6.45) is 1.18. The molecule has 5 heteroatoms. The Morgan fingerprint density at radius 1 is 1.38 bits per heavy atom. The Labute approximate surface area is 102 Å². The molecule has 0 fully saturated rings. The van der Waals surface area contributed by atoms with Crippen molar-refractivity contribution in [1.82, 2.24) is 15.5 Å². The van der Waals surface area contributed by atoms with Crippen molar-refractivity contribution in [2.24, 2.45) is 5.92 Å². The smallest absolute Gasteiger partial charge is 0.276 e. The molecule has 1 rings (SSSR count). The van der Waals surface area contributed by atoms with Crippen LogP contribution in [0.1, 0.15) is 33.1 Å². The van der Waals surface area contributed by atoms with Crippen molar-refractivity contribution < 1.29 is 4.42 Å². The summed E-state index contributed by atoms with van der Waals surface area (Å²) in [6.45, 7) is 9.44. The van der Waals surface area contributed by atoms with Crippen molar-refractivity contribution in [3.05, 3.63) is 5.89 Å². The minimum atomic E-state index is 0.507. The highest BCUT2D eigenvalue weighted by Crippen LogP contribution is 2.20. The van der Waals surface area contributed by atoms with Crippen LogP contribution in [0.4, 0.5) is 0 Å². The number of nitrogens with one attached hydrogen (secondary N) is 1. The van der Waals surface area contributed by atoms with Gasteiger partial charge in [-0.1, -0.05) is 39.0 Å². The van der Waals surface area contributed by atoms with Crippen LogP contribution in [-0.4, -0.2) is 28.5 Å². The van der Waals surface area contributed by atoms with E-state index >= 15 is 0 Å². The maximum absolute atomic E-state index is 5.34. The van der Waals surface area contributed by atoms with E-state index in [1.165, 1.54) is 6.42 Å². The Bertz CT molecular complexity index is 303. The normalized spacial score (nSPS) is 15.0. The molecule has 0 aliphatic heterocycles. The first-order valence-electron chi connectivity index (χ1n) is 5.83. The first-order valence-corrected chi connectivity index (χ1v) is 6.82. The van der Waals surface area contributed by atoms with E-state index in [0.717, 1.165) is 12.3 Å². The molecular formula is C11H21N3OS. The molecule has 4 nitrogen and oxygen atoms in total. The third-order valence-electron chi connectivity index (χ3n) is 2.69. The van der Waals surface area contributed by atoms with Crippen molar-refractivity contribution in [3.8, 4) is 0 Å². The summed E-state index contributed by atoms with van der Waals surface area (Å²) >= 11 is 1.63. The van der Waals surface area contributed by atoms with Gasteiger partial charge >= 0.3 is 0 Å². The number of thioether (sulfide) groups is 1. The fraction of sp³-hybridized carbons (Fsp3) is 0.818. The highest BCUT2D eigenvalue weighted by Gasteiger charge is 2.16. The number of aromatic nitrogens is 2. The topological polar surface area (TPSA) is 51.0 Å². The maximum atomic E-state index is 5.34. The molecule has 2 atom stereocenters. The molecule has 0 radical (unpaired) electrons. The van der Waals surface area contributed by atoms with Crippen molar-refractivity contribution in [3.63, 3.8) is 0 Å². The molecule has 0 saturated carbocycles. The van der Waals surface area contributed by atoms with Gasteiger partial charge in [-0.2, -0.15) is 0 Å². The average molecular weight is 243 g/mol. The van der Waals surface area contributed by atoms with Crippen LogP contribution < -0.4 is 5.32 Å². The second-order valence-electron chi connectivity index (χ2n) is 3.95. The van der Waals surface area contributed by atoms with Crippen molar-refractivity contribution in [2.45, 2.75) is 45.4 Å². The Balaban J connectivity index is 2.43. The van der Waals surface area contributed by atoms with Gasteiger partial charge in [0.05, 0.1) is 0 Å². The fourth-order valence-corrected chi connectivity index (χ4v) is 2.52. The number of nitrogens with zero attached hydrogens (tertiary/aromatic N) is 2. The standard InChI is InChI=1S/C11H21N3OS/c1-5-8(3)10(12-6-2)7-16-11-14-13-9(4)15-11/h8,10,12H,5-7H2,1-4H3. The molecule has 16 heavy (non-hydrogen) atoms. The van der Waals surface area contributed by atoms with Crippen LogP contribution in [0.15, 0.2) is 9.64 Å². The second kappa shape index (κ2) is 6.91. The van der Waals surface area contributed by atoms with E-state index in [1.807, 2.05) is 6.92 Å². The maximum Gasteiger partial charge on any atom is 0.276 e. The molecule has 1 N–H and O–H groups in total. The Kier molecular flexibility index (Phi) is 5.84. The van der Waals surface area contributed by atoms with Crippen molar-refractivity contribution >= 4 is 11.8 Å². The van der Waals surface area contributed by atoms with Gasteiger partial charge in [-0.05, 0) is 12.5 Å². The van der Waals surface area contributed by atoms with Crippen LogP contribution in [0.2, 0.25) is 0 Å². The van der Waals surface area contributed by atoms with E-state index in [9.17, 15) is 0 Å². The third-order valence-corrected chi connectivity index (χ3v) is 3.63. The summed E-state index contributed by atoms with van der Waals surface area (Å²) in [5.41, 5.74) is 0. The van der Waals surface area contributed by atoms with Crippen LogP contribution in [0, 0.1) is 12.8 Å². The highest BCUT2D eigenvalue weighted by atomic mass is 32.2. The lowest BCUT2D eigenvalue weighted by Crippen LogP contribution is -2.36. The number of hydrogen-bond donors (Lipinski definition) is 1. The zero-order valence-corrected chi connectivity index (χ0v) is 11.3. The minimum Gasteiger partial charge on any atom is -0.416 e. The monoisotopic (exact) mass is 243 g/mol. The second-order valence-corrected chi connectivity index (χ2v) is 4.92. The predicted molar refractivity (Wildman–Crippen MR) is 66.7 cm³/mol. The van der Waals surface area contributed by atoms with E-state index in [4.69, 9.17) is 4.42 Å². The molecule has 2 unspecified atom stereocenters. The molecule has 0 aromatic carbocycles. The number of rotatable bonds is 7. The van der Waals surface area contributed by atoms with Gasteiger partial charge in [0.1, 0.15) is 0 Å². The lowest BCUT2D eigenvalue weighted by atomic mass is 10.0. The van der Waals surface area contributed by atoms with Gasteiger partial charge in [0.15, 0.2) is 0 Å². The Hall–Kier alpha value is -0.550. The quantitative estimate of drug-likeness (QED) is 0.746. The zero-order valence-electron chi connectivity index (χ0n) is 10.5. The molecule has 0 aliphatic rings. The molecule has 0 aliphatic carbocycles. The van der Waals surface area contributed by atoms with Gasteiger partial charge in [0.2, 0.25) is 5.89 Å². The van der Waals surface area contributed by atoms with Crippen LogP contribution in [0.5, 0.6) is 0 Å². The van der Waals surface area contributed by atoms with E-state index in [1.54, 1.807) is 11.8 Å². The lowest BCUT2D eigenvalue weighted by molar-refractivity contribution is 0.399. The van der Waals surface area contributed by atoms with E-state index in [-0.39, 0.29) is 0 Å². The highest BCUT2D eigenvalue weighted by molar-refractivity contribution is 7.99. The first-order chi connectivity index (χ1) is 7.67. The Morgan fingerprint density at radius 3 is 2.62 bits per heavy atom. The van der Waals surface area contributed by atoms with Crippen LogP contribution in [0.3, 0.4) is 0 Å². The van der Waals surface area contributed by atoms with Crippen molar-refractivity contribution in [1.29, 1.82) is 0 Å². The van der Waals surface area contributed by atoms with Crippen LogP contribution in [-0.2, 0) is 0 Å². The molecule has 0 bridgehead atoms. The molecule has 1 heterocycles. The summed E-state index contributed by atoms with van der Waals surface area (Å²) < 4.78 is 5.34. The van der Waals surface area contributed by atoms with Gasteiger partial charge in [0, 0.05) is 18.7 Å². The Morgan fingerprint density at radius 2 is 2.12 bits per heavy atom. The van der Waals surface area contributed by atoms with E-state index in [2.05, 4.69) is 36.3 Å². The predicted octanol–water partition coefficient (Wildman–Crippen LogP) is 2.49. The minimum absolute atomic E-state index is 0.507. The van der Waals surface area contributed by atoms with Gasteiger partial charge in [0.25, 0.3) is 5.22 Å². The zero-order chi connectivity index (χ0) is 12.0. The number of aryl methyl sites for hydroxylation is 1. The molecule has 1 aromatic heterocycles. The van der Waals surface area contributed by atoms with Gasteiger partial charge < -0.3 is 9.73 Å². The summed E-state index contributed by atoms with van der Waals surface area (Å²) in [5, 5.41) is 12.0. The van der Waals surface area contributed by atoms with E-state index < -0.39 is 0 Å². The molecule has 0 amide bonds. The molecule has 0 spiro atoms. The van der Waals surface area contributed by atoms with Gasteiger partial charge in [-0.3, -0.25) is 0 Å². The molecule has 1 aromatic rings. The van der Waals surface area contributed by atoms with Gasteiger partial charge in [-0.25, -0.2) is 0 Å². The molecule has 92 valence electrons. The third kappa shape index (κ3) is 4.14. The fourth-order valence-electron chi connectivity index (χ4n) is 1.47. The van der Waals surface area contributed by atoms with E-state index in [0.29, 0.717) is 23.1 Å². The largest absolute Gasteiger partial charge is 0.416 e. The summed E-state index contributed by atoms with van der Waals surface area (Å²) in [6, 6.07) is 0.507. The first kappa shape index (κ1) is 13.5. The van der Waals surface area contributed by atoms with Crippen LogP contribution >= 0.6 is 11.8 Å². The number of hydrogen-bond acceptors (Lipinski definition) is 5. The van der Waals surface area contributed by atoms with Gasteiger partial charge in [-0.15, -0.1) is 10.2 Å². The van der Waals surface area contributed by atoms with Crippen molar-refractivity contribution in [2.75, 3.05) is 12.3 Å². The summed E-state index contributed by atoms with van der Waals surface area (Å²) in [7, 11) is 0. The lowest BCUT2D eigenvalue weighted by Gasteiger charge is -2.22. The summed E-state index contributed by atoms with van der Waals surface area (Å²) in [5.74, 6) is 2.27. The average Bonchev–Trinajstić information content (AvgIpc) is 2.69. The molecular weight excluding hydrogens is 222 g/mol. The van der Waals surface area contributed by atoms with Crippen LogP contribution in [0.25, 0.3) is 0 Å². The SMILES string of the molecule is CCNC(CSc1nnc(C)o1)C(C)CC.